The first kappa shape index (κ1) is 14.4. The molecule has 4 nitrogen and oxygen atoms in total. The molecule has 4 heteroatoms. The van der Waals surface area contributed by atoms with Gasteiger partial charge in [-0.3, -0.25) is 4.79 Å². The molecule has 0 radical (unpaired) electrons. The van der Waals surface area contributed by atoms with Gasteiger partial charge < -0.3 is 14.9 Å². The largest absolute Gasteiger partial charge is 0.507 e. The van der Waals surface area contributed by atoms with Crippen molar-refractivity contribution in [2.24, 2.45) is 0 Å². The van der Waals surface area contributed by atoms with Crippen molar-refractivity contribution in [2.45, 2.75) is 32.8 Å². The maximum absolute atomic E-state index is 12.6. The third kappa shape index (κ3) is 1.95. The quantitative estimate of drug-likeness (QED) is 0.844. The van der Waals surface area contributed by atoms with Crippen LogP contribution >= 0.6 is 0 Å². The van der Waals surface area contributed by atoms with E-state index in [0.29, 0.717) is 11.1 Å². The molecule has 0 aromatic heterocycles. The molecular formula is C18H18O4. The van der Waals surface area contributed by atoms with Gasteiger partial charge in [0.05, 0.1) is 6.42 Å². The van der Waals surface area contributed by atoms with Crippen molar-refractivity contribution >= 4 is 5.78 Å². The van der Waals surface area contributed by atoms with Gasteiger partial charge in [-0.2, -0.15) is 0 Å². The molecule has 1 aliphatic rings. The Hall–Kier alpha value is -2.49. The first-order valence-electron chi connectivity index (χ1n) is 7.18. The normalized spacial score (nSPS) is 20.4. The Morgan fingerprint density at radius 1 is 1.05 bits per heavy atom. The fourth-order valence-electron chi connectivity index (χ4n) is 2.98. The summed E-state index contributed by atoms with van der Waals surface area (Å²) in [6.45, 7) is 5.11. The molecule has 2 aromatic rings. The van der Waals surface area contributed by atoms with Gasteiger partial charge >= 0.3 is 0 Å². The van der Waals surface area contributed by atoms with Crippen molar-refractivity contribution in [1.82, 2.24) is 0 Å². The van der Waals surface area contributed by atoms with Crippen LogP contribution in [-0.4, -0.2) is 16.0 Å². The third-order valence-corrected chi connectivity index (χ3v) is 4.36. The topological polar surface area (TPSA) is 66.8 Å². The Morgan fingerprint density at radius 3 is 2.32 bits per heavy atom. The summed E-state index contributed by atoms with van der Waals surface area (Å²) in [6, 6.07) is 9.49. The molecule has 1 atom stereocenters. The average Bonchev–Trinajstić information content (AvgIpc) is 2.51. The van der Waals surface area contributed by atoms with Gasteiger partial charge in [-0.15, -0.1) is 0 Å². The van der Waals surface area contributed by atoms with E-state index in [1.54, 1.807) is 13.8 Å². The first-order valence-corrected chi connectivity index (χ1v) is 7.18. The van der Waals surface area contributed by atoms with Gasteiger partial charge in [0, 0.05) is 11.1 Å². The van der Waals surface area contributed by atoms with Gasteiger partial charge in [0.25, 0.3) is 0 Å². The number of hydrogen-bond acceptors (Lipinski definition) is 4. The van der Waals surface area contributed by atoms with Crippen LogP contribution in [0, 0.1) is 13.8 Å². The highest BCUT2D eigenvalue weighted by Gasteiger charge is 2.41. The fourth-order valence-corrected chi connectivity index (χ4v) is 2.98. The summed E-state index contributed by atoms with van der Waals surface area (Å²) in [5.74, 6) is -0.154. The number of aromatic hydroxyl groups is 2. The Morgan fingerprint density at radius 2 is 1.68 bits per heavy atom. The van der Waals surface area contributed by atoms with Gasteiger partial charge in [0.2, 0.25) is 0 Å². The van der Waals surface area contributed by atoms with Crippen LogP contribution in [0.5, 0.6) is 17.2 Å². The molecule has 2 N–H and O–H groups in total. The first-order chi connectivity index (χ1) is 10.3. The highest BCUT2D eigenvalue weighted by atomic mass is 16.5. The van der Waals surface area contributed by atoms with Crippen molar-refractivity contribution in [3.8, 4) is 17.2 Å². The molecular weight excluding hydrogens is 280 g/mol. The van der Waals surface area contributed by atoms with Crippen molar-refractivity contribution in [3.63, 3.8) is 0 Å². The van der Waals surface area contributed by atoms with Gasteiger partial charge in [-0.25, -0.2) is 0 Å². The average molecular weight is 298 g/mol. The molecule has 114 valence electrons. The third-order valence-electron chi connectivity index (χ3n) is 4.36. The van der Waals surface area contributed by atoms with Crippen LogP contribution in [0.3, 0.4) is 0 Å². The van der Waals surface area contributed by atoms with Crippen molar-refractivity contribution in [2.75, 3.05) is 0 Å². The Bertz CT molecular complexity index is 765. The van der Waals surface area contributed by atoms with Crippen LogP contribution in [0.2, 0.25) is 0 Å². The van der Waals surface area contributed by atoms with E-state index in [0.717, 1.165) is 5.56 Å². The highest BCUT2D eigenvalue weighted by Crippen LogP contribution is 2.48. The minimum Gasteiger partial charge on any atom is -0.507 e. The van der Waals surface area contributed by atoms with E-state index in [1.807, 2.05) is 37.3 Å². The molecule has 22 heavy (non-hydrogen) atoms. The van der Waals surface area contributed by atoms with Crippen LogP contribution < -0.4 is 4.74 Å². The molecule has 0 spiro atoms. The van der Waals surface area contributed by atoms with Crippen molar-refractivity contribution < 1.29 is 19.7 Å². The lowest BCUT2D eigenvalue weighted by Gasteiger charge is -2.36. The molecule has 0 amide bonds. The SMILES string of the molecule is Cc1c(O)c(C)c2c(c1O)C(=O)CC(C)(c1ccccc1)O2. The zero-order chi connectivity index (χ0) is 16.1. The van der Waals surface area contributed by atoms with Crippen LogP contribution in [0.25, 0.3) is 0 Å². The van der Waals surface area contributed by atoms with E-state index in [2.05, 4.69) is 0 Å². The summed E-state index contributed by atoms with van der Waals surface area (Å²) in [7, 11) is 0. The van der Waals surface area contributed by atoms with E-state index < -0.39 is 5.60 Å². The van der Waals surface area contributed by atoms with Gasteiger partial charge in [-0.05, 0) is 26.3 Å². The zero-order valence-corrected chi connectivity index (χ0v) is 12.8. The summed E-state index contributed by atoms with van der Waals surface area (Å²) in [5, 5.41) is 20.3. The summed E-state index contributed by atoms with van der Waals surface area (Å²) in [4.78, 5) is 12.6. The van der Waals surface area contributed by atoms with Crippen molar-refractivity contribution in [3.05, 3.63) is 52.6 Å². The number of ketones is 1. The summed E-state index contributed by atoms with van der Waals surface area (Å²) >= 11 is 0. The van der Waals surface area contributed by atoms with Crippen LogP contribution in [0.4, 0.5) is 0 Å². The van der Waals surface area contributed by atoms with E-state index in [-0.39, 0.29) is 35.0 Å². The second kappa shape index (κ2) is 4.77. The summed E-state index contributed by atoms with van der Waals surface area (Å²) in [6.07, 6.45) is 0.140. The Balaban J connectivity index is 2.20. The van der Waals surface area contributed by atoms with E-state index in [4.69, 9.17) is 4.74 Å². The number of carbonyl (C=O) groups is 1. The van der Waals surface area contributed by atoms with E-state index in [9.17, 15) is 15.0 Å². The maximum Gasteiger partial charge on any atom is 0.174 e. The second-order valence-corrected chi connectivity index (χ2v) is 5.95. The van der Waals surface area contributed by atoms with E-state index in [1.165, 1.54) is 0 Å². The molecule has 3 rings (SSSR count). The number of hydrogen-bond donors (Lipinski definition) is 2. The molecule has 1 unspecified atom stereocenters. The van der Waals surface area contributed by atoms with Gasteiger partial charge in [0.1, 0.15) is 28.4 Å². The van der Waals surface area contributed by atoms with Gasteiger partial charge in [0.15, 0.2) is 5.78 Å². The Kier molecular flexibility index (Phi) is 3.13. The predicted octanol–water partition coefficient (Wildman–Crippen LogP) is 3.60. The fraction of sp³-hybridized carbons (Fsp3) is 0.278. The van der Waals surface area contributed by atoms with Gasteiger partial charge in [-0.1, -0.05) is 30.3 Å². The minimum atomic E-state index is -0.815. The molecule has 0 aliphatic carbocycles. The standard InChI is InChI=1S/C18H18O4/c1-10-15(20)11(2)17-14(16(10)21)13(19)9-18(3,22-17)12-7-5-4-6-8-12/h4-8,20-21H,9H2,1-3H3. The summed E-state index contributed by atoms with van der Waals surface area (Å²) in [5.41, 5.74) is 1.01. The number of Topliss-reactive ketones (excluding diaryl/α,β-unsaturated/α-hetero) is 1. The highest BCUT2D eigenvalue weighted by molar-refractivity contribution is 6.04. The lowest BCUT2D eigenvalue weighted by molar-refractivity contribution is 0.0490. The van der Waals surface area contributed by atoms with Crippen LogP contribution in [0.15, 0.2) is 30.3 Å². The zero-order valence-electron chi connectivity index (χ0n) is 12.8. The molecule has 0 bridgehead atoms. The number of ether oxygens (including phenoxy) is 1. The minimum absolute atomic E-state index is 0.0404. The second-order valence-electron chi connectivity index (χ2n) is 5.95. The Labute approximate surface area is 129 Å². The molecule has 1 heterocycles. The summed E-state index contributed by atoms with van der Waals surface area (Å²) < 4.78 is 6.08. The number of carbonyl (C=O) groups excluding carboxylic acids is 1. The predicted molar refractivity (Wildman–Crippen MR) is 82.6 cm³/mol. The monoisotopic (exact) mass is 298 g/mol. The molecule has 0 fully saturated rings. The van der Waals surface area contributed by atoms with Crippen LogP contribution in [0.1, 0.15) is 40.4 Å². The van der Waals surface area contributed by atoms with Crippen LogP contribution in [-0.2, 0) is 5.60 Å². The molecule has 0 saturated heterocycles. The smallest absolute Gasteiger partial charge is 0.174 e. The number of fused-ring (bicyclic) bond motifs is 1. The number of phenols is 2. The lowest BCUT2D eigenvalue weighted by Crippen LogP contribution is -2.37. The maximum atomic E-state index is 12.6. The molecule has 0 saturated carbocycles. The molecule has 2 aromatic carbocycles. The van der Waals surface area contributed by atoms with E-state index >= 15 is 0 Å². The van der Waals surface area contributed by atoms with Crippen molar-refractivity contribution in [1.29, 1.82) is 0 Å². The number of phenolic OH excluding ortho intramolecular Hbond substituents is 2. The lowest BCUT2D eigenvalue weighted by atomic mass is 9.84. The number of rotatable bonds is 1. The molecule has 1 aliphatic heterocycles. The number of benzene rings is 2.